The minimum Gasteiger partial charge on any atom is -0.494 e. The van der Waals surface area contributed by atoms with Crippen LogP contribution in [0.2, 0.25) is 0 Å². The van der Waals surface area contributed by atoms with Gasteiger partial charge in [-0.05, 0) is 51.2 Å². The van der Waals surface area contributed by atoms with Crippen molar-refractivity contribution in [3.05, 3.63) is 67.9 Å². The number of fused-ring (bicyclic) bond motifs is 1. The van der Waals surface area contributed by atoms with E-state index in [2.05, 4.69) is 56.1 Å². The number of piperidine rings is 1. The Kier molecular flexibility index (Phi) is 7.23. The summed E-state index contributed by atoms with van der Waals surface area (Å²) in [6.45, 7) is 5.38. The topological polar surface area (TPSA) is 99.9 Å². The van der Waals surface area contributed by atoms with E-state index in [1.54, 1.807) is 31.9 Å². The van der Waals surface area contributed by atoms with Gasteiger partial charge in [-0.25, -0.2) is 9.97 Å². The lowest BCUT2D eigenvalue weighted by atomic mass is 10.0. The second kappa shape index (κ2) is 10.9. The van der Waals surface area contributed by atoms with Crippen LogP contribution < -0.4 is 20.3 Å². The highest BCUT2D eigenvalue weighted by Gasteiger charge is 2.24. The average Bonchev–Trinajstić information content (AvgIpc) is 3.37. The number of carbonyl (C=O) groups excluding carboxylic acids is 1. The third-order valence-corrected chi connectivity index (χ3v) is 6.91. The Balaban J connectivity index is 1.49. The molecule has 1 fully saturated rings. The van der Waals surface area contributed by atoms with Crippen molar-refractivity contribution < 1.29 is 9.53 Å². The molecule has 1 aliphatic rings. The smallest absolute Gasteiger partial charge is 0.247 e. The number of nitrogens with one attached hydrogen (secondary N) is 2. The summed E-state index contributed by atoms with van der Waals surface area (Å²) in [6, 6.07) is 8.27. The minimum atomic E-state index is -0.274. The third kappa shape index (κ3) is 5.16. The second-order valence-corrected chi connectivity index (χ2v) is 9.46. The van der Waals surface area contributed by atoms with Gasteiger partial charge in [-0.3, -0.25) is 14.2 Å². The van der Waals surface area contributed by atoms with Gasteiger partial charge in [-0.2, -0.15) is 0 Å². The van der Waals surface area contributed by atoms with Crippen molar-refractivity contribution in [2.75, 3.05) is 49.8 Å². The zero-order valence-corrected chi connectivity index (χ0v) is 21.9. The van der Waals surface area contributed by atoms with Gasteiger partial charge < -0.3 is 25.2 Å². The van der Waals surface area contributed by atoms with Crippen LogP contribution in [0.25, 0.3) is 16.9 Å². The number of methoxy groups -OCH3 is 1. The summed E-state index contributed by atoms with van der Waals surface area (Å²) in [5.74, 6) is 0.968. The van der Waals surface area contributed by atoms with E-state index in [-0.39, 0.29) is 5.91 Å². The van der Waals surface area contributed by atoms with Crippen molar-refractivity contribution in [2.45, 2.75) is 18.9 Å². The molecule has 0 radical (unpaired) electrons. The Morgan fingerprint density at radius 2 is 1.97 bits per heavy atom. The SMILES string of the molecule is C=CC(=O)Nc1cc(Nc2cn3c(-c4cccnc4)cnc3cn2)c(OC)cc1N1CCC(N(C)C)CC1. The highest BCUT2D eigenvalue weighted by atomic mass is 16.5. The molecule has 0 aliphatic carbocycles. The molecule has 1 amide bonds. The molecule has 4 aromatic rings. The molecule has 4 heterocycles. The van der Waals surface area contributed by atoms with Crippen LogP contribution in [0, 0.1) is 0 Å². The number of anilines is 4. The summed E-state index contributed by atoms with van der Waals surface area (Å²) in [6.07, 6.45) is 12.3. The average molecular weight is 513 g/mol. The first kappa shape index (κ1) is 25.2. The molecule has 0 bridgehead atoms. The first-order chi connectivity index (χ1) is 18.5. The summed E-state index contributed by atoms with van der Waals surface area (Å²) in [5, 5.41) is 6.34. The molecular weight excluding hydrogens is 480 g/mol. The van der Waals surface area contributed by atoms with E-state index >= 15 is 0 Å². The number of imidazole rings is 1. The Morgan fingerprint density at radius 1 is 1.16 bits per heavy atom. The maximum Gasteiger partial charge on any atom is 0.247 e. The van der Waals surface area contributed by atoms with E-state index in [1.165, 1.54) is 6.08 Å². The third-order valence-electron chi connectivity index (χ3n) is 6.91. The lowest BCUT2D eigenvalue weighted by molar-refractivity contribution is -0.111. The normalized spacial score (nSPS) is 14.1. The highest BCUT2D eigenvalue weighted by molar-refractivity contribution is 6.02. The largest absolute Gasteiger partial charge is 0.494 e. The monoisotopic (exact) mass is 512 g/mol. The van der Waals surface area contributed by atoms with Crippen molar-refractivity contribution in [1.29, 1.82) is 0 Å². The van der Waals surface area contributed by atoms with Crippen molar-refractivity contribution in [2.24, 2.45) is 0 Å². The van der Waals surface area contributed by atoms with E-state index in [0.717, 1.165) is 48.5 Å². The van der Waals surface area contributed by atoms with Crippen LogP contribution in [0.15, 0.2) is 67.9 Å². The van der Waals surface area contributed by atoms with Gasteiger partial charge in [-0.15, -0.1) is 0 Å². The molecule has 0 atom stereocenters. The van der Waals surface area contributed by atoms with Crippen molar-refractivity contribution >= 4 is 34.4 Å². The number of pyridine rings is 1. The lowest BCUT2D eigenvalue weighted by Crippen LogP contribution is -2.42. The van der Waals surface area contributed by atoms with Crippen LogP contribution in [-0.4, -0.2) is 70.5 Å². The van der Waals surface area contributed by atoms with Crippen LogP contribution in [-0.2, 0) is 4.79 Å². The summed E-state index contributed by atoms with van der Waals surface area (Å²) in [7, 11) is 5.88. The maximum absolute atomic E-state index is 12.3. The van der Waals surface area contributed by atoms with E-state index in [0.29, 0.717) is 29.0 Å². The number of benzene rings is 1. The van der Waals surface area contributed by atoms with E-state index in [4.69, 9.17) is 4.74 Å². The Labute approximate surface area is 222 Å². The number of amides is 1. The van der Waals surface area contributed by atoms with E-state index in [9.17, 15) is 4.79 Å². The van der Waals surface area contributed by atoms with Crippen LogP contribution in [0.3, 0.4) is 0 Å². The molecule has 38 heavy (non-hydrogen) atoms. The standard InChI is InChI=1S/C28H32N8O2/c1-5-28(37)33-21-13-22(25(38-4)14-23(21)35-11-8-20(9-12-35)34(2)3)32-26-18-36-24(16-31-27(36)17-30-26)19-7-6-10-29-15-19/h5-7,10,13-18,20,32H,1,8-9,11-12H2,2-4H3,(H,33,37). The molecule has 1 aromatic carbocycles. The van der Waals surface area contributed by atoms with Gasteiger partial charge in [0, 0.05) is 43.2 Å². The fourth-order valence-electron chi connectivity index (χ4n) is 4.82. The van der Waals surface area contributed by atoms with Gasteiger partial charge in [0.1, 0.15) is 11.6 Å². The quantitative estimate of drug-likeness (QED) is 0.339. The fraction of sp³-hybridized carbons (Fsp3) is 0.286. The van der Waals surface area contributed by atoms with Gasteiger partial charge in [0.2, 0.25) is 5.91 Å². The summed E-state index contributed by atoms with van der Waals surface area (Å²) < 4.78 is 7.74. The molecule has 5 rings (SSSR count). The number of carbonyl (C=O) groups is 1. The predicted octanol–water partition coefficient (Wildman–Crippen LogP) is 4.20. The molecule has 3 aromatic heterocycles. The Bertz CT molecular complexity index is 1440. The zero-order chi connectivity index (χ0) is 26.6. The number of rotatable bonds is 8. The van der Waals surface area contributed by atoms with E-state index in [1.807, 2.05) is 34.9 Å². The molecule has 10 heteroatoms. The molecule has 0 unspecified atom stereocenters. The molecule has 10 nitrogen and oxygen atoms in total. The maximum atomic E-state index is 12.3. The van der Waals surface area contributed by atoms with Crippen molar-refractivity contribution in [3.8, 4) is 17.0 Å². The minimum absolute atomic E-state index is 0.274. The first-order valence-electron chi connectivity index (χ1n) is 12.5. The molecule has 196 valence electrons. The number of hydrogen-bond acceptors (Lipinski definition) is 8. The van der Waals surface area contributed by atoms with E-state index < -0.39 is 0 Å². The number of ether oxygens (including phenoxy) is 1. The first-order valence-corrected chi connectivity index (χ1v) is 12.5. The van der Waals surface area contributed by atoms with Crippen LogP contribution in [0.4, 0.5) is 22.9 Å². The highest BCUT2D eigenvalue weighted by Crippen LogP contribution is 2.39. The van der Waals surface area contributed by atoms with Gasteiger partial charge in [0.25, 0.3) is 0 Å². The summed E-state index contributed by atoms with van der Waals surface area (Å²) >= 11 is 0. The second-order valence-electron chi connectivity index (χ2n) is 9.46. The van der Waals surface area contributed by atoms with Crippen LogP contribution >= 0.6 is 0 Å². The predicted molar refractivity (Wildman–Crippen MR) is 150 cm³/mol. The number of nitrogens with zero attached hydrogens (tertiary/aromatic N) is 6. The van der Waals surface area contributed by atoms with Gasteiger partial charge in [0.05, 0.1) is 48.5 Å². The van der Waals surface area contributed by atoms with Crippen LogP contribution in [0.1, 0.15) is 12.8 Å². The van der Waals surface area contributed by atoms with Crippen molar-refractivity contribution in [3.63, 3.8) is 0 Å². The van der Waals surface area contributed by atoms with Gasteiger partial charge in [0.15, 0.2) is 5.65 Å². The molecule has 1 saturated heterocycles. The van der Waals surface area contributed by atoms with Crippen molar-refractivity contribution in [1.82, 2.24) is 24.3 Å². The summed E-state index contributed by atoms with van der Waals surface area (Å²) in [5.41, 5.74) is 4.84. The number of aromatic nitrogens is 4. The van der Waals surface area contributed by atoms with Gasteiger partial charge >= 0.3 is 0 Å². The van der Waals surface area contributed by atoms with Gasteiger partial charge in [-0.1, -0.05) is 6.58 Å². The summed E-state index contributed by atoms with van der Waals surface area (Å²) in [4.78, 5) is 30.1. The molecule has 1 aliphatic heterocycles. The zero-order valence-electron chi connectivity index (χ0n) is 21.9. The molecule has 0 spiro atoms. The number of hydrogen-bond donors (Lipinski definition) is 2. The van der Waals surface area contributed by atoms with Crippen LogP contribution in [0.5, 0.6) is 5.75 Å². The Hall–Kier alpha value is -4.44. The lowest BCUT2D eigenvalue weighted by Gasteiger charge is -2.37. The molecular formula is C28H32N8O2. The Morgan fingerprint density at radius 3 is 2.66 bits per heavy atom. The molecule has 2 N–H and O–H groups in total. The molecule has 0 saturated carbocycles. The fourth-order valence-corrected chi connectivity index (χ4v) is 4.82.